The zero-order valence-corrected chi connectivity index (χ0v) is 19.9. The third-order valence-corrected chi connectivity index (χ3v) is 7.11. The Balaban J connectivity index is 1.87. The average Bonchev–Trinajstić information content (AvgIpc) is 2.77. The summed E-state index contributed by atoms with van der Waals surface area (Å²) in [6.45, 7) is 3.00. The smallest absolute Gasteiger partial charge is 0.246 e. The highest BCUT2D eigenvalue weighted by atomic mass is 79.9. The van der Waals surface area contributed by atoms with Gasteiger partial charge in [-0.3, -0.25) is 10.2 Å². The van der Waals surface area contributed by atoms with Crippen molar-refractivity contribution in [3.8, 4) is 11.9 Å². The number of nitrogens with zero attached hydrogens (tertiary/aromatic N) is 3. The maximum atomic E-state index is 12.9. The lowest BCUT2D eigenvalue weighted by Gasteiger charge is -2.27. The standard InChI is InChI=1S/C19H21BrClN7O3S/c20-13-3-1-2-4-15(13)26-19(24-11-22)27-16-6-5-14(21)18(17(16)29)32(30,31)25-12-28-9-7-23-8-10-28/h1-6,23,25,29H,7-10,12H2,(H2,24,26,27). The molecule has 0 atom stereocenters. The second kappa shape index (κ2) is 11.0. The number of hydrogen-bond donors (Lipinski definition) is 5. The molecule has 0 unspecified atom stereocenters. The molecule has 1 heterocycles. The van der Waals surface area contributed by atoms with E-state index in [4.69, 9.17) is 16.9 Å². The van der Waals surface area contributed by atoms with Crippen molar-refractivity contribution in [2.75, 3.05) is 38.2 Å². The lowest BCUT2D eigenvalue weighted by molar-refractivity contribution is 0.238. The molecule has 0 aromatic heterocycles. The van der Waals surface area contributed by atoms with Gasteiger partial charge in [-0.15, -0.1) is 0 Å². The van der Waals surface area contributed by atoms with Gasteiger partial charge in [0.15, 0.2) is 11.9 Å². The predicted molar refractivity (Wildman–Crippen MR) is 126 cm³/mol. The maximum absolute atomic E-state index is 12.9. The Bertz CT molecular complexity index is 1150. The van der Waals surface area contributed by atoms with Crippen LogP contribution in [0.1, 0.15) is 0 Å². The van der Waals surface area contributed by atoms with E-state index in [-0.39, 0.29) is 23.3 Å². The van der Waals surface area contributed by atoms with E-state index in [1.54, 1.807) is 24.4 Å². The molecular weight excluding hydrogens is 522 g/mol. The van der Waals surface area contributed by atoms with Crippen LogP contribution in [-0.4, -0.2) is 57.2 Å². The molecule has 32 heavy (non-hydrogen) atoms. The summed E-state index contributed by atoms with van der Waals surface area (Å²) < 4.78 is 28.9. The third-order valence-electron chi connectivity index (χ3n) is 4.55. The molecule has 1 fully saturated rings. The van der Waals surface area contributed by atoms with Gasteiger partial charge in [0, 0.05) is 30.7 Å². The van der Waals surface area contributed by atoms with Crippen LogP contribution in [0, 0.1) is 11.5 Å². The van der Waals surface area contributed by atoms with E-state index in [9.17, 15) is 13.5 Å². The third kappa shape index (κ3) is 6.10. The number of nitrogens with one attached hydrogen (secondary N) is 4. The Kier molecular flexibility index (Phi) is 8.30. The minimum absolute atomic E-state index is 0.00509. The minimum Gasteiger partial charge on any atom is -0.504 e. The van der Waals surface area contributed by atoms with Crippen molar-refractivity contribution in [3.63, 3.8) is 0 Å². The molecular formula is C19H21BrClN7O3S. The first-order valence-electron chi connectivity index (χ1n) is 9.51. The van der Waals surface area contributed by atoms with Crippen LogP contribution < -0.4 is 20.7 Å². The summed E-state index contributed by atoms with van der Waals surface area (Å²) in [4.78, 5) is 5.77. The Hall–Kier alpha value is -2.40. The zero-order valence-electron chi connectivity index (χ0n) is 16.8. The summed E-state index contributed by atoms with van der Waals surface area (Å²) in [6.07, 6.45) is 1.75. The summed E-state index contributed by atoms with van der Waals surface area (Å²) >= 11 is 9.49. The molecule has 1 aliphatic rings. The fraction of sp³-hybridized carbons (Fsp3) is 0.263. The quantitative estimate of drug-likeness (QED) is 0.123. The molecule has 10 nitrogen and oxygen atoms in total. The van der Waals surface area contributed by atoms with Crippen LogP contribution >= 0.6 is 27.5 Å². The summed E-state index contributed by atoms with van der Waals surface area (Å²) in [5, 5.41) is 27.9. The summed E-state index contributed by atoms with van der Waals surface area (Å²) in [5.74, 6) is -0.612. The van der Waals surface area contributed by atoms with E-state index in [2.05, 4.69) is 41.6 Å². The molecule has 2 aromatic rings. The fourth-order valence-electron chi connectivity index (χ4n) is 2.95. The van der Waals surface area contributed by atoms with Crippen molar-refractivity contribution in [1.29, 1.82) is 5.26 Å². The minimum atomic E-state index is -4.12. The first kappa shape index (κ1) is 24.2. The fourth-order valence-corrected chi connectivity index (χ4v) is 4.97. The van der Waals surface area contributed by atoms with Gasteiger partial charge < -0.3 is 15.7 Å². The number of rotatable bonds is 6. The van der Waals surface area contributed by atoms with Gasteiger partial charge in [0.1, 0.15) is 4.90 Å². The van der Waals surface area contributed by atoms with Gasteiger partial charge >= 0.3 is 0 Å². The molecule has 0 saturated carbocycles. The summed E-state index contributed by atoms with van der Waals surface area (Å²) in [7, 11) is -4.12. The lowest BCUT2D eigenvalue weighted by Crippen LogP contribution is -2.48. The van der Waals surface area contributed by atoms with Gasteiger partial charge in [-0.2, -0.15) is 9.98 Å². The number of nitriles is 1. The van der Waals surface area contributed by atoms with Crippen LogP contribution in [0.15, 0.2) is 50.8 Å². The molecule has 3 rings (SSSR count). The van der Waals surface area contributed by atoms with E-state index in [1.807, 2.05) is 11.0 Å². The zero-order chi connectivity index (χ0) is 23.1. The van der Waals surface area contributed by atoms with E-state index in [0.717, 1.165) is 13.1 Å². The molecule has 0 aliphatic carbocycles. The van der Waals surface area contributed by atoms with Crippen molar-refractivity contribution in [1.82, 2.24) is 20.3 Å². The van der Waals surface area contributed by atoms with Crippen molar-refractivity contribution in [3.05, 3.63) is 45.9 Å². The molecule has 0 radical (unpaired) electrons. The number of anilines is 1. The predicted octanol–water partition coefficient (Wildman–Crippen LogP) is 2.12. The van der Waals surface area contributed by atoms with Gasteiger partial charge in [-0.25, -0.2) is 13.4 Å². The molecule has 1 aliphatic heterocycles. The number of guanidine groups is 1. The number of hydrogen-bond acceptors (Lipinski definition) is 7. The Morgan fingerprint density at radius 3 is 2.69 bits per heavy atom. The van der Waals surface area contributed by atoms with Gasteiger partial charge in [0.2, 0.25) is 16.0 Å². The molecule has 0 amide bonds. The van der Waals surface area contributed by atoms with Crippen LogP contribution in [-0.2, 0) is 10.0 Å². The van der Waals surface area contributed by atoms with E-state index in [0.29, 0.717) is 23.2 Å². The van der Waals surface area contributed by atoms with Crippen LogP contribution in [0.25, 0.3) is 0 Å². The van der Waals surface area contributed by atoms with Crippen molar-refractivity contribution in [2.45, 2.75) is 4.90 Å². The van der Waals surface area contributed by atoms with Gasteiger partial charge in [0.25, 0.3) is 0 Å². The Morgan fingerprint density at radius 1 is 1.28 bits per heavy atom. The number of aliphatic imine (C=N–C) groups is 1. The van der Waals surface area contributed by atoms with Crippen LogP contribution in [0.4, 0.5) is 11.4 Å². The van der Waals surface area contributed by atoms with Crippen molar-refractivity contribution in [2.24, 2.45) is 4.99 Å². The number of para-hydroxylation sites is 1. The van der Waals surface area contributed by atoms with Gasteiger partial charge in [0.05, 0.1) is 23.1 Å². The van der Waals surface area contributed by atoms with Gasteiger partial charge in [-0.05, 0) is 40.2 Å². The van der Waals surface area contributed by atoms with Crippen molar-refractivity contribution < 1.29 is 13.5 Å². The van der Waals surface area contributed by atoms with Crippen molar-refractivity contribution >= 4 is 54.9 Å². The number of benzene rings is 2. The number of halogens is 2. The Labute approximate surface area is 199 Å². The number of phenols is 1. The normalized spacial score (nSPS) is 15.2. The van der Waals surface area contributed by atoms with Crippen LogP contribution in [0.2, 0.25) is 5.02 Å². The first-order chi connectivity index (χ1) is 15.3. The largest absolute Gasteiger partial charge is 0.504 e. The second-order valence-corrected chi connectivity index (χ2v) is 9.69. The van der Waals surface area contributed by atoms with E-state index < -0.39 is 20.7 Å². The first-order valence-corrected chi connectivity index (χ1v) is 12.2. The Morgan fingerprint density at radius 2 is 2.00 bits per heavy atom. The monoisotopic (exact) mass is 541 g/mol. The highest BCUT2D eigenvalue weighted by Crippen LogP contribution is 2.37. The molecule has 13 heteroatoms. The van der Waals surface area contributed by atoms with Gasteiger partial charge in [-0.1, -0.05) is 23.7 Å². The second-order valence-electron chi connectivity index (χ2n) is 6.72. The summed E-state index contributed by atoms with van der Waals surface area (Å²) in [6, 6.07) is 9.79. The number of piperazine rings is 1. The SMILES string of the molecule is N#CNC(=Nc1ccccc1Br)Nc1ccc(Cl)c(S(=O)(=O)NCN2CCNCC2)c1O. The molecule has 1 saturated heterocycles. The van der Waals surface area contributed by atoms with E-state index >= 15 is 0 Å². The topological polar surface area (TPSA) is 142 Å². The molecule has 5 N–H and O–H groups in total. The number of aromatic hydroxyl groups is 1. The van der Waals surface area contributed by atoms with Crippen LogP contribution in [0.5, 0.6) is 5.75 Å². The molecule has 2 aromatic carbocycles. The molecule has 170 valence electrons. The molecule has 0 bridgehead atoms. The summed E-state index contributed by atoms with van der Waals surface area (Å²) in [5.41, 5.74) is 0.516. The highest BCUT2D eigenvalue weighted by molar-refractivity contribution is 9.10. The number of sulfonamides is 1. The molecule has 0 spiro atoms. The van der Waals surface area contributed by atoms with E-state index in [1.165, 1.54) is 12.1 Å². The van der Waals surface area contributed by atoms with Crippen LogP contribution in [0.3, 0.4) is 0 Å². The highest BCUT2D eigenvalue weighted by Gasteiger charge is 2.26. The number of phenolic OH excluding ortho intramolecular Hbond substituents is 1. The average molecular weight is 543 g/mol. The maximum Gasteiger partial charge on any atom is 0.246 e. The lowest BCUT2D eigenvalue weighted by atomic mass is 10.3.